The summed E-state index contributed by atoms with van der Waals surface area (Å²) in [6, 6.07) is 22.8. The number of anilines is 1. The van der Waals surface area contributed by atoms with Gasteiger partial charge in [-0.15, -0.1) is 10.2 Å². The highest BCUT2D eigenvalue weighted by Crippen LogP contribution is 2.28. The normalized spacial score (nSPS) is 10.5. The van der Waals surface area contributed by atoms with Crippen molar-refractivity contribution >= 4 is 28.5 Å². The van der Waals surface area contributed by atoms with Crippen LogP contribution in [-0.2, 0) is 6.54 Å². The van der Waals surface area contributed by atoms with Crippen LogP contribution in [0.3, 0.4) is 0 Å². The van der Waals surface area contributed by atoms with Crippen molar-refractivity contribution < 1.29 is 9.72 Å². The van der Waals surface area contributed by atoms with Crippen LogP contribution in [0.1, 0.15) is 20.9 Å². The monoisotopic (exact) mass is 416 g/mol. The van der Waals surface area contributed by atoms with Gasteiger partial charge in [-0.3, -0.25) is 14.9 Å². The third kappa shape index (κ3) is 4.23. The lowest BCUT2D eigenvalue weighted by Crippen LogP contribution is -2.06. The number of rotatable bonds is 7. The molecule has 0 aliphatic heterocycles. The molecule has 0 unspecified atom stereocenters. The summed E-state index contributed by atoms with van der Waals surface area (Å²) in [6.45, 7) is 0.289. The van der Waals surface area contributed by atoms with Gasteiger partial charge in [-0.05, 0) is 12.1 Å². The van der Waals surface area contributed by atoms with Gasteiger partial charge in [0.05, 0.1) is 11.5 Å². The number of carbonyl (C=O) groups excluding carboxylic acids is 1. The van der Waals surface area contributed by atoms with Gasteiger partial charge in [0.25, 0.3) is 5.69 Å². The van der Waals surface area contributed by atoms with Crippen molar-refractivity contribution in [3.8, 4) is 10.6 Å². The van der Waals surface area contributed by atoms with Gasteiger partial charge in [0.2, 0.25) is 0 Å². The Kier molecular flexibility index (Phi) is 5.58. The SMILES string of the molecule is O=C(c1ccccc1)c1ccc(NCc2nnc(-c3ccccc3)s2)c([N+](=O)[O-])c1. The summed E-state index contributed by atoms with van der Waals surface area (Å²) in [4.78, 5) is 23.7. The van der Waals surface area contributed by atoms with E-state index in [1.54, 1.807) is 36.4 Å². The molecule has 1 aromatic heterocycles. The second kappa shape index (κ2) is 8.62. The number of nitrogens with zero attached hydrogens (tertiary/aromatic N) is 3. The minimum absolute atomic E-state index is 0.162. The summed E-state index contributed by atoms with van der Waals surface area (Å²) in [7, 11) is 0. The molecule has 0 bridgehead atoms. The summed E-state index contributed by atoms with van der Waals surface area (Å²) in [6.07, 6.45) is 0. The molecule has 0 aliphatic rings. The standard InChI is InChI=1S/C22H16N4O3S/c27-21(15-7-3-1-4-8-15)17-11-12-18(19(13-17)26(28)29)23-14-20-24-25-22(30-20)16-9-5-2-6-10-16/h1-13,23H,14H2. The highest BCUT2D eigenvalue weighted by molar-refractivity contribution is 7.14. The first-order valence-electron chi connectivity index (χ1n) is 9.11. The first kappa shape index (κ1) is 19.4. The van der Waals surface area contributed by atoms with Crippen molar-refractivity contribution in [3.05, 3.63) is 105 Å². The molecule has 3 aromatic carbocycles. The van der Waals surface area contributed by atoms with Crippen LogP contribution in [0.15, 0.2) is 78.9 Å². The summed E-state index contributed by atoms with van der Waals surface area (Å²) in [5.74, 6) is -0.262. The van der Waals surface area contributed by atoms with Gasteiger partial charge in [-0.1, -0.05) is 72.0 Å². The maximum absolute atomic E-state index is 12.6. The molecule has 0 spiro atoms. The fourth-order valence-electron chi connectivity index (χ4n) is 2.92. The minimum atomic E-state index is -0.500. The van der Waals surface area contributed by atoms with Crippen LogP contribution in [0.4, 0.5) is 11.4 Å². The molecule has 0 aliphatic carbocycles. The van der Waals surface area contributed by atoms with Crippen molar-refractivity contribution in [2.45, 2.75) is 6.54 Å². The molecule has 0 saturated carbocycles. The summed E-state index contributed by atoms with van der Waals surface area (Å²) < 4.78 is 0. The van der Waals surface area contributed by atoms with Gasteiger partial charge in [-0.25, -0.2) is 0 Å². The summed E-state index contributed by atoms with van der Waals surface area (Å²) >= 11 is 1.42. The maximum atomic E-state index is 12.6. The Balaban J connectivity index is 1.52. The van der Waals surface area contributed by atoms with Gasteiger partial charge >= 0.3 is 0 Å². The Bertz CT molecular complexity index is 1190. The van der Waals surface area contributed by atoms with E-state index in [0.717, 1.165) is 10.6 Å². The number of nitrogens with one attached hydrogen (secondary N) is 1. The topological polar surface area (TPSA) is 98.0 Å². The number of hydrogen-bond acceptors (Lipinski definition) is 7. The number of nitro benzene ring substituents is 1. The Morgan fingerprint density at radius 1 is 0.933 bits per heavy atom. The number of carbonyl (C=O) groups is 1. The zero-order chi connectivity index (χ0) is 20.9. The first-order valence-corrected chi connectivity index (χ1v) is 9.93. The molecule has 1 heterocycles. The molecule has 0 radical (unpaired) electrons. The highest BCUT2D eigenvalue weighted by Gasteiger charge is 2.19. The zero-order valence-corrected chi connectivity index (χ0v) is 16.5. The number of hydrogen-bond donors (Lipinski definition) is 1. The van der Waals surface area contributed by atoms with Crippen LogP contribution in [0.5, 0.6) is 0 Å². The zero-order valence-electron chi connectivity index (χ0n) is 15.7. The van der Waals surface area contributed by atoms with Crippen molar-refractivity contribution in [3.63, 3.8) is 0 Å². The van der Waals surface area contributed by atoms with Crippen molar-refractivity contribution in [1.29, 1.82) is 0 Å². The van der Waals surface area contributed by atoms with Crippen LogP contribution < -0.4 is 5.32 Å². The van der Waals surface area contributed by atoms with E-state index in [4.69, 9.17) is 0 Å². The molecule has 30 heavy (non-hydrogen) atoms. The lowest BCUT2D eigenvalue weighted by Gasteiger charge is -2.07. The third-order valence-corrected chi connectivity index (χ3v) is 5.38. The molecule has 148 valence electrons. The van der Waals surface area contributed by atoms with Gasteiger partial charge in [0, 0.05) is 22.8 Å². The average Bonchev–Trinajstić information content (AvgIpc) is 3.27. The highest BCUT2D eigenvalue weighted by atomic mass is 32.1. The number of benzene rings is 3. The predicted molar refractivity (Wildman–Crippen MR) is 116 cm³/mol. The van der Waals surface area contributed by atoms with Crippen LogP contribution >= 0.6 is 11.3 Å². The molecular weight excluding hydrogens is 400 g/mol. The Morgan fingerprint density at radius 3 is 2.33 bits per heavy atom. The quantitative estimate of drug-likeness (QED) is 0.260. The molecule has 0 atom stereocenters. The molecule has 0 amide bonds. The van der Waals surface area contributed by atoms with E-state index in [9.17, 15) is 14.9 Å². The van der Waals surface area contributed by atoms with Gasteiger partial charge < -0.3 is 5.32 Å². The molecule has 8 heteroatoms. The second-order valence-electron chi connectivity index (χ2n) is 6.40. The van der Waals surface area contributed by atoms with E-state index in [1.807, 2.05) is 36.4 Å². The molecule has 7 nitrogen and oxygen atoms in total. The van der Waals surface area contributed by atoms with E-state index in [-0.39, 0.29) is 23.6 Å². The Hall–Kier alpha value is -3.91. The molecule has 0 saturated heterocycles. The van der Waals surface area contributed by atoms with Crippen LogP contribution in [-0.4, -0.2) is 20.9 Å². The second-order valence-corrected chi connectivity index (χ2v) is 7.47. The van der Waals surface area contributed by atoms with Crippen LogP contribution in [0.25, 0.3) is 10.6 Å². The van der Waals surface area contributed by atoms with Crippen molar-refractivity contribution in [2.75, 3.05) is 5.32 Å². The average molecular weight is 416 g/mol. The van der Waals surface area contributed by atoms with Gasteiger partial charge in [0.1, 0.15) is 15.7 Å². The van der Waals surface area contributed by atoms with Crippen LogP contribution in [0, 0.1) is 10.1 Å². The number of ketones is 1. The predicted octanol–water partition coefficient (Wildman–Crippen LogP) is 4.96. The lowest BCUT2D eigenvalue weighted by molar-refractivity contribution is -0.384. The Labute approximate surface area is 176 Å². The van der Waals surface area contributed by atoms with Gasteiger partial charge in [-0.2, -0.15) is 0 Å². The van der Waals surface area contributed by atoms with Crippen molar-refractivity contribution in [1.82, 2.24) is 10.2 Å². The lowest BCUT2D eigenvalue weighted by atomic mass is 10.0. The van der Waals surface area contributed by atoms with Gasteiger partial charge in [0.15, 0.2) is 5.78 Å². The number of nitro groups is 1. The third-order valence-electron chi connectivity index (χ3n) is 4.41. The van der Waals surface area contributed by atoms with Crippen LogP contribution in [0.2, 0.25) is 0 Å². The first-order chi connectivity index (χ1) is 14.6. The number of aromatic nitrogens is 2. The molecule has 4 aromatic rings. The van der Waals surface area contributed by atoms with E-state index < -0.39 is 4.92 Å². The Morgan fingerprint density at radius 2 is 1.63 bits per heavy atom. The van der Waals surface area contributed by atoms with E-state index in [1.165, 1.54) is 17.4 Å². The van der Waals surface area contributed by atoms with E-state index in [0.29, 0.717) is 16.3 Å². The largest absolute Gasteiger partial charge is 0.373 e. The fraction of sp³-hybridized carbons (Fsp3) is 0.0455. The molecular formula is C22H16N4O3S. The maximum Gasteiger partial charge on any atom is 0.293 e. The molecule has 1 N–H and O–H groups in total. The molecule has 0 fully saturated rings. The smallest absolute Gasteiger partial charge is 0.293 e. The summed E-state index contributed by atoms with van der Waals surface area (Å²) in [5.41, 5.74) is 1.87. The fourth-order valence-corrected chi connectivity index (χ4v) is 3.71. The van der Waals surface area contributed by atoms with E-state index in [2.05, 4.69) is 15.5 Å². The minimum Gasteiger partial charge on any atom is -0.373 e. The molecule has 4 rings (SSSR count). The van der Waals surface area contributed by atoms with Crippen molar-refractivity contribution in [2.24, 2.45) is 0 Å². The van der Waals surface area contributed by atoms with E-state index >= 15 is 0 Å². The summed E-state index contributed by atoms with van der Waals surface area (Å²) in [5, 5.41) is 24.4.